The van der Waals surface area contributed by atoms with Gasteiger partial charge in [0.2, 0.25) is 10.0 Å². The number of rotatable bonds is 5. The Bertz CT molecular complexity index is 901. The molecule has 132 valence electrons. The summed E-state index contributed by atoms with van der Waals surface area (Å²) >= 11 is 1.25. The molecule has 1 aromatic heterocycles. The van der Waals surface area contributed by atoms with Crippen LogP contribution in [0, 0.1) is 0 Å². The summed E-state index contributed by atoms with van der Waals surface area (Å²) in [4.78, 5) is 12.4. The van der Waals surface area contributed by atoms with Crippen molar-refractivity contribution < 1.29 is 23.1 Å². The van der Waals surface area contributed by atoms with Gasteiger partial charge in [0.15, 0.2) is 6.04 Å². The number of aliphatic carboxylic acids is 1. The first-order valence-electron chi connectivity index (χ1n) is 7.48. The molecule has 0 saturated heterocycles. The van der Waals surface area contributed by atoms with Crippen LogP contribution in [0.1, 0.15) is 22.4 Å². The number of carboxylic acid groups (broad SMARTS) is 1. The second-order valence-electron chi connectivity index (χ2n) is 5.57. The van der Waals surface area contributed by atoms with Crippen LogP contribution in [0.5, 0.6) is 5.75 Å². The van der Waals surface area contributed by atoms with E-state index in [1.165, 1.54) is 42.7 Å². The maximum Gasteiger partial charge on any atom is 0.327 e. The highest BCUT2D eigenvalue weighted by Crippen LogP contribution is 2.42. The number of hydrogen-bond donors (Lipinski definition) is 1. The van der Waals surface area contributed by atoms with E-state index in [0.717, 1.165) is 9.87 Å². The summed E-state index contributed by atoms with van der Waals surface area (Å²) in [6.07, 6.45) is 1.65. The fraction of sp³-hybridized carbons (Fsp3) is 0.235. The van der Waals surface area contributed by atoms with Crippen LogP contribution in [0.3, 0.4) is 0 Å². The maximum atomic E-state index is 13.1. The predicted octanol–water partition coefficient (Wildman–Crippen LogP) is 2.86. The van der Waals surface area contributed by atoms with Crippen LogP contribution in [0.2, 0.25) is 0 Å². The number of carbonyl (C=O) groups is 1. The van der Waals surface area contributed by atoms with Crippen molar-refractivity contribution in [2.75, 3.05) is 13.7 Å². The number of sulfonamides is 1. The summed E-state index contributed by atoms with van der Waals surface area (Å²) in [6, 6.07) is 6.50. The topological polar surface area (TPSA) is 83.9 Å². The second-order valence-corrected chi connectivity index (χ2v) is 8.41. The smallest absolute Gasteiger partial charge is 0.327 e. The van der Waals surface area contributed by atoms with Crippen LogP contribution in [0.25, 0.3) is 0 Å². The Hall–Kier alpha value is -2.16. The van der Waals surface area contributed by atoms with Crippen molar-refractivity contribution in [3.05, 3.63) is 58.8 Å². The summed E-state index contributed by atoms with van der Waals surface area (Å²) in [7, 11) is -2.50. The van der Waals surface area contributed by atoms with Crippen molar-refractivity contribution in [2.24, 2.45) is 0 Å². The largest absolute Gasteiger partial charge is 0.497 e. The summed E-state index contributed by atoms with van der Waals surface area (Å²) < 4.78 is 32.3. The lowest BCUT2D eigenvalue weighted by molar-refractivity contribution is -0.141. The predicted molar refractivity (Wildman–Crippen MR) is 94.5 cm³/mol. The highest BCUT2D eigenvalue weighted by atomic mass is 32.2. The first-order valence-corrected chi connectivity index (χ1v) is 9.80. The molecule has 0 radical (unpaired) electrons. The van der Waals surface area contributed by atoms with Gasteiger partial charge in [0, 0.05) is 17.3 Å². The standard InChI is InChI=1S/C17H17NO5S2/c1-3-11-10-18(15(17(19)20)16-14(11)8-9-24-16)25(21,22)13-6-4-12(23-2)5-7-13/h3-9,11,15H,1,10H2,2H3,(H,19,20)/t11-,15-/m1/s1. The quantitative estimate of drug-likeness (QED) is 0.808. The minimum atomic E-state index is -3.99. The first kappa shape index (κ1) is 17.7. The molecule has 6 nitrogen and oxygen atoms in total. The molecule has 0 spiro atoms. The van der Waals surface area contributed by atoms with Gasteiger partial charge >= 0.3 is 5.97 Å². The van der Waals surface area contributed by atoms with Crippen molar-refractivity contribution in [1.29, 1.82) is 0 Å². The zero-order valence-corrected chi connectivity index (χ0v) is 15.1. The van der Waals surface area contributed by atoms with Crippen LogP contribution >= 0.6 is 11.3 Å². The molecule has 8 heteroatoms. The van der Waals surface area contributed by atoms with E-state index in [-0.39, 0.29) is 17.4 Å². The Labute approximate surface area is 150 Å². The number of benzene rings is 1. The van der Waals surface area contributed by atoms with Crippen molar-refractivity contribution in [2.45, 2.75) is 16.9 Å². The van der Waals surface area contributed by atoms with Gasteiger partial charge < -0.3 is 9.84 Å². The van der Waals surface area contributed by atoms with Crippen LogP contribution < -0.4 is 4.74 Å². The molecule has 3 rings (SSSR count). The molecule has 1 aliphatic heterocycles. The normalized spacial score (nSPS) is 20.7. The minimum Gasteiger partial charge on any atom is -0.497 e. The molecule has 0 fully saturated rings. The number of fused-ring (bicyclic) bond motifs is 1. The Morgan fingerprint density at radius 3 is 2.60 bits per heavy atom. The Morgan fingerprint density at radius 2 is 2.04 bits per heavy atom. The number of nitrogens with zero attached hydrogens (tertiary/aromatic N) is 1. The van der Waals surface area contributed by atoms with E-state index in [1.807, 2.05) is 6.07 Å². The fourth-order valence-corrected chi connectivity index (χ4v) is 5.67. The van der Waals surface area contributed by atoms with Crippen LogP contribution in [-0.2, 0) is 14.8 Å². The minimum absolute atomic E-state index is 0.0300. The van der Waals surface area contributed by atoms with Crippen molar-refractivity contribution >= 4 is 27.3 Å². The molecule has 2 aromatic rings. The van der Waals surface area contributed by atoms with Gasteiger partial charge in [-0.25, -0.2) is 8.42 Å². The Balaban J connectivity index is 2.10. The second kappa shape index (κ2) is 6.62. The summed E-state index contributed by atoms with van der Waals surface area (Å²) in [5.41, 5.74) is 0.827. The van der Waals surface area contributed by atoms with E-state index < -0.39 is 22.0 Å². The van der Waals surface area contributed by atoms with Gasteiger partial charge in [-0.3, -0.25) is 4.79 Å². The average molecular weight is 379 g/mol. The third kappa shape index (κ3) is 2.97. The monoisotopic (exact) mass is 379 g/mol. The highest BCUT2D eigenvalue weighted by Gasteiger charge is 2.44. The van der Waals surface area contributed by atoms with E-state index in [1.54, 1.807) is 11.5 Å². The maximum absolute atomic E-state index is 13.1. The highest BCUT2D eigenvalue weighted by molar-refractivity contribution is 7.89. The lowest BCUT2D eigenvalue weighted by Gasteiger charge is -2.35. The summed E-state index contributed by atoms with van der Waals surface area (Å²) in [5, 5.41) is 11.5. The lowest BCUT2D eigenvalue weighted by Crippen LogP contribution is -2.44. The molecule has 0 amide bonds. The molecule has 2 atom stereocenters. The third-order valence-corrected chi connectivity index (χ3v) is 7.05. The van der Waals surface area contributed by atoms with Gasteiger partial charge in [-0.1, -0.05) is 6.08 Å². The fourth-order valence-electron chi connectivity index (χ4n) is 2.94. The Morgan fingerprint density at radius 1 is 1.36 bits per heavy atom. The SMILES string of the molecule is C=C[C@@H]1CN(S(=O)(=O)c2ccc(OC)cc2)[C@@H](C(=O)O)c2sccc21. The Kier molecular flexibility index (Phi) is 4.68. The van der Waals surface area contributed by atoms with E-state index in [9.17, 15) is 18.3 Å². The molecule has 0 bridgehead atoms. The molecule has 1 aliphatic rings. The van der Waals surface area contributed by atoms with Crippen molar-refractivity contribution in [1.82, 2.24) is 4.31 Å². The molecule has 1 N–H and O–H groups in total. The molecule has 0 unspecified atom stereocenters. The van der Waals surface area contributed by atoms with Gasteiger partial charge in [0.05, 0.1) is 12.0 Å². The van der Waals surface area contributed by atoms with Crippen molar-refractivity contribution in [3.8, 4) is 5.75 Å². The molecule has 0 aliphatic carbocycles. The van der Waals surface area contributed by atoms with E-state index in [4.69, 9.17) is 4.74 Å². The summed E-state index contributed by atoms with van der Waals surface area (Å²) in [6.45, 7) is 3.80. The lowest BCUT2D eigenvalue weighted by atomic mass is 9.93. The molecular weight excluding hydrogens is 362 g/mol. The molecular formula is C17H17NO5S2. The third-order valence-electron chi connectivity index (χ3n) is 4.22. The number of hydrogen-bond acceptors (Lipinski definition) is 5. The molecule has 1 aromatic carbocycles. The number of carboxylic acids is 1. The van der Waals surface area contributed by atoms with Crippen molar-refractivity contribution in [3.63, 3.8) is 0 Å². The zero-order chi connectivity index (χ0) is 18.2. The van der Waals surface area contributed by atoms with Gasteiger partial charge in [-0.2, -0.15) is 4.31 Å². The zero-order valence-electron chi connectivity index (χ0n) is 13.5. The van der Waals surface area contributed by atoms with Gasteiger partial charge in [0.25, 0.3) is 0 Å². The van der Waals surface area contributed by atoms with Crippen LogP contribution in [-0.4, -0.2) is 37.5 Å². The molecule has 0 saturated carbocycles. The van der Waals surface area contributed by atoms with Crippen LogP contribution in [0.4, 0.5) is 0 Å². The molecule has 2 heterocycles. The van der Waals surface area contributed by atoms with Crippen LogP contribution in [0.15, 0.2) is 53.3 Å². The van der Waals surface area contributed by atoms with E-state index in [0.29, 0.717) is 10.6 Å². The van der Waals surface area contributed by atoms with Gasteiger partial charge in [0.1, 0.15) is 5.75 Å². The number of methoxy groups -OCH3 is 1. The number of thiophene rings is 1. The van der Waals surface area contributed by atoms with Gasteiger partial charge in [-0.15, -0.1) is 17.9 Å². The van der Waals surface area contributed by atoms with E-state index >= 15 is 0 Å². The number of ether oxygens (including phenoxy) is 1. The van der Waals surface area contributed by atoms with E-state index in [2.05, 4.69) is 6.58 Å². The molecule has 25 heavy (non-hydrogen) atoms. The summed E-state index contributed by atoms with van der Waals surface area (Å²) in [5.74, 6) is -0.912. The van der Waals surface area contributed by atoms with Gasteiger partial charge in [-0.05, 0) is 41.3 Å². The average Bonchev–Trinajstić information content (AvgIpc) is 3.09. The first-order chi connectivity index (χ1) is 11.9.